The second-order valence-electron chi connectivity index (χ2n) is 4.95. The van der Waals surface area contributed by atoms with Crippen molar-refractivity contribution < 1.29 is 9.53 Å². The lowest BCUT2D eigenvalue weighted by Gasteiger charge is -2.22. The molecule has 19 heavy (non-hydrogen) atoms. The summed E-state index contributed by atoms with van der Waals surface area (Å²) in [5.41, 5.74) is 2.67. The van der Waals surface area contributed by atoms with E-state index in [1.165, 1.54) is 5.57 Å². The summed E-state index contributed by atoms with van der Waals surface area (Å²) in [4.78, 5) is 12.1. The highest BCUT2D eigenvalue weighted by Crippen LogP contribution is 2.25. The molecule has 1 aliphatic heterocycles. The van der Waals surface area contributed by atoms with E-state index in [0.717, 1.165) is 18.7 Å². The van der Waals surface area contributed by atoms with Crippen molar-refractivity contribution in [3.05, 3.63) is 35.4 Å². The maximum atomic E-state index is 12.1. The molecule has 1 aromatic carbocycles. The fraction of sp³-hybridized carbons (Fsp3) is 0.400. The van der Waals surface area contributed by atoms with Gasteiger partial charge >= 0.3 is 0 Å². The smallest absolute Gasteiger partial charge is 0.251 e. The largest absolute Gasteiger partial charge is 0.489 e. The van der Waals surface area contributed by atoms with Gasteiger partial charge in [0.25, 0.3) is 5.91 Å². The first kappa shape index (κ1) is 13.6. The second-order valence-corrected chi connectivity index (χ2v) is 4.95. The van der Waals surface area contributed by atoms with Crippen molar-refractivity contribution in [2.24, 2.45) is 0 Å². The van der Waals surface area contributed by atoms with Crippen molar-refractivity contribution in [1.82, 2.24) is 5.32 Å². The van der Waals surface area contributed by atoms with Gasteiger partial charge in [0, 0.05) is 18.7 Å². The fourth-order valence-corrected chi connectivity index (χ4v) is 1.82. The lowest BCUT2D eigenvalue weighted by molar-refractivity contribution is -0.112. The van der Waals surface area contributed by atoms with E-state index in [2.05, 4.69) is 10.6 Å². The third kappa shape index (κ3) is 3.35. The van der Waals surface area contributed by atoms with Crippen molar-refractivity contribution in [1.29, 1.82) is 0 Å². The fourth-order valence-electron chi connectivity index (χ4n) is 1.82. The summed E-state index contributed by atoms with van der Waals surface area (Å²) < 4.78 is 5.68. The number of carbonyl (C=O) groups is 1. The predicted octanol–water partition coefficient (Wildman–Crippen LogP) is 2.33. The number of rotatable bonds is 4. The molecule has 0 bridgehead atoms. The van der Waals surface area contributed by atoms with Gasteiger partial charge in [-0.25, -0.2) is 0 Å². The van der Waals surface area contributed by atoms with Gasteiger partial charge in [0.05, 0.1) is 11.8 Å². The molecule has 1 heterocycles. The second kappa shape index (κ2) is 5.89. The number of hydrogen-bond donors (Lipinski definition) is 2. The molecule has 2 N–H and O–H groups in total. The molecule has 0 aromatic heterocycles. The highest BCUT2D eigenvalue weighted by atomic mass is 16.5. The maximum Gasteiger partial charge on any atom is 0.251 e. The minimum absolute atomic E-state index is 0.0590. The molecule has 0 atom stereocenters. The Morgan fingerprint density at radius 3 is 2.58 bits per heavy atom. The predicted molar refractivity (Wildman–Crippen MR) is 76.4 cm³/mol. The van der Waals surface area contributed by atoms with Crippen LogP contribution in [-0.2, 0) is 4.79 Å². The Labute approximate surface area is 113 Å². The summed E-state index contributed by atoms with van der Waals surface area (Å²) in [6.45, 7) is 7.40. The van der Waals surface area contributed by atoms with Gasteiger partial charge in [-0.15, -0.1) is 0 Å². The van der Waals surface area contributed by atoms with E-state index in [0.29, 0.717) is 11.4 Å². The van der Waals surface area contributed by atoms with Gasteiger partial charge < -0.3 is 15.4 Å². The van der Waals surface area contributed by atoms with Crippen molar-refractivity contribution in [2.75, 3.05) is 18.4 Å². The summed E-state index contributed by atoms with van der Waals surface area (Å²) >= 11 is 0. The van der Waals surface area contributed by atoms with Crippen LogP contribution in [0, 0.1) is 0 Å². The van der Waals surface area contributed by atoms with Crippen LogP contribution < -0.4 is 15.4 Å². The molecule has 4 nitrogen and oxygen atoms in total. The molecular weight excluding hydrogens is 240 g/mol. The average molecular weight is 260 g/mol. The number of benzene rings is 1. The topological polar surface area (TPSA) is 50.4 Å². The van der Waals surface area contributed by atoms with Crippen LogP contribution in [0.5, 0.6) is 5.75 Å². The summed E-state index contributed by atoms with van der Waals surface area (Å²) in [5.74, 6) is 0.645. The summed E-state index contributed by atoms with van der Waals surface area (Å²) in [7, 11) is 0. The highest BCUT2D eigenvalue weighted by Gasteiger charge is 2.17. The van der Waals surface area contributed by atoms with E-state index in [1.54, 1.807) is 0 Å². The zero-order chi connectivity index (χ0) is 13.8. The zero-order valence-electron chi connectivity index (χ0n) is 11.6. The first-order valence-corrected chi connectivity index (χ1v) is 6.54. The molecule has 102 valence electrons. The lowest BCUT2D eigenvalue weighted by Crippen LogP contribution is -2.36. The van der Waals surface area contributed by atoms with Crippen LogP contribution >= 0.6 is 0 Å². The lowest BCUT2D eigenvalue weighted by atomic mass is 10.0. The van der Waals surface area contributed by atoms with Crippen LogP contribution in [0.4, 0.5) is 5.69 Å². The van der Waals surface area contributed by atoms with Crippen molar-refractivity contribution in [3.8, 4) is 5.75 Å². The molecule has 0 aliphatic carbocycles. The Balaban J connectivity index is 2.12. The number of ether oxygens (including phenoxy) is 1. The molecule has 2 rings (SSSR count). The van der Waals surface area contributed by atoms with Crippen LogP contribution in [-0.4, -0.2) is 25.1 Å². The summed E-state index contributed by atoms with van der Waals surface area (Å²) in [6, 6.07) is 7.50. The van der Waals surface area contributed by atoms with E-state index in [-0.39, 0.29) is 12.0 Å². The molecule has 1 aliphatic rings. The number of amides is 1. The molecule has 1 amide bonds. The maximum absolute atomic E-state index is 12.1. The third-order valence-electron chi connectivity index (χ3n) is 3.05. The van der Waals surface area contributed by atoms with Crippen LogP contribution in [0.25, 0.3) is 0 Å². The first-order valence-electron chi connectivity index (χ1n) is 6.54. The molecule has 1 fully saturated rings. The minimum atomic E-state index is -0.0590. The Bertz CT molecular complexity index is 501. The van der Waals surface area contributed by atoms with Gasteiger partial charge in [-0.1, -0.05) is 12.1 Å². The molecular formula is C15H20N2O2. The van der Waals surface area contributed by atoms with Crippen molar-refractivity contribution in [3.63, 3.8) is 0 Å². The Hall–Kier alpha value is -1.81. The quantitative estimate of drug-likeness (QED) is 0.817. The molecule has 1 saturated heterocycles. The van der Waals surface area contributed by atoms with Crippen molar-refractivity contribution >= 4 is 11.6 Å². The van der Waals surface area contributed by atoms with Crippen LogP contribution in [0.1, 0.15) is 20.8 Å². The van der Waals surface area contributed by atoms with Gasteiger partial charge in [0.2, 0.25) is 0 Å². The number of anilines is 1. The Kier molecular flexibility index (Phi) is 4.22. The number of nitrogens with one attached hydrogen (secondary N) is 2. The van der Waals surface area contributed by atoms with Gasteiger partial charge in [-0.2, -0.15) is 0 Å². The van der Waals surface area contributed by atoms with E-state index < -0.39 is 0 Å². The summed E-state index contributed by atoms with van der Waals surface area (Å²) in [5, 5.41) is 6.05. The molecule has 0 spiro atoms. The van der Waals surface area contributed by atoms with E-state index in [1.807, 2.05) is 45.0 Å². The monoisotopic (exact) mass is 260 g/mol. The van der Waals surface area contributed by atoms with Crippen molar-refractivity contribution in [2.45, 2.75) is 26.9 Å². The molecule has 1 aromatic rings. The number of hydrogen-bond acceptors (Lipinski definition) is 3. The summed E-state index contributed by atoms with van der Waals surface area (Å²) in [6.07, 6.45) is 0.0772. The van der Waals surface area contributed by atoms with E-state index >= 15 is 0 Å². The molecule has 0 saturated carbocycles. The standard InChI is InChI=1S/C15H20N2O2/c1-10(2)19-14-7-5-4-6-13(14)17-15(18)11(3)12-8-16-9-12/h4-7,10,16H,8-9H2,1-3H3,(H,17,18). The zero-order valence-corrected chi connectivity index (χ0v) is 11.6. The number of carbonyl (C=O) groups excluding carboxylic acids is 1. The first-order chi connectivity index (χ1) is 9.08. The SMILES string of the molecule is CC(C(=O)Nc1ccccc1OC(C)C)=C1CNC1. The Morgan fingerprint density at radius 1 is 1.32 bits per heavy atom. The van der Waals surface area contributed by atoms with Crippen LogP contribution in [0.15, 0.2) is 35.4 Å². The van der Waals surface area contributed by atoms with E-state index in [9.17, 15) is 4.79 Å². The molecule has 0 radical (unpaired) electrons. The van der Waals surface area contributed by atoms with Gasteiger partial charge in [-0.3, -0.25) is 4.79 Å². The van der Waals surface area contributed by atoms with Gasteiger partial charge in [-0.05, 0) is 38.5 Å². The van der Waals surface area contributed by atoms with Crippen LogP contribution in [0.2, 0.25) is 0 Å². The minimum Gasteiger partial charge on any atom is -0.489 e. The average Bonchev–Trinajstić information content (AvgIpc) is 2.28. The van der Waals surface area contributed by atoms with Crippen LogP contribution in [0.3, 0.4) is 0 Å². The highest BCUT2D eigenvalue weighted by molar-refractivity contribution is 6.04. The molecule has 0 unspecified atom stereocenters. The van der Waals surface area contributed by atoms with Gasteiger partial charge in [0.15, 0.2) is 0 Å². The number of para-hydroxylation sites is 2. The molecule has 4 heteroatoms. The normalized spacial score (nSPS) is 14.0. The van der Waals surface area contributed by atoms with E-state index in [4.69, 9.17) is 4.74 Å². The van der Waals surface area contributed by atoms with Gasteiger partial charge in [0.1, 0.15) is 5.75 Å². The third-order valence-corrected chi connectivity index (χ3v) is 3.05. The Morgan fingerprint density at radius 2 is 2.00 bits per heavy atom.